The van der Waals surface area contributed by atoms with Gasteiger partial charge in [0.25, 0.3) is 0 Å². The van der Waals surface area contributed by atoms with Crippen LogP contribution < -0.4 is 0 Å². The SMILES string of the molecule is c1ccc(-n2c3ccc(-c4ccc5c(c4)c4ccccc4n5-c4cccc5ccccc45)cc3c3ccc4oc5ccccc5c4c32)cc1. The van der Waals surface area contributed by atoms with Crippen molar-refractivity contribution >= 4 is 76.3 Å². The van der Waals surface area contributed by atoms with Crippen LogP contribution in [0.4, 0.5) is 0 Å². The van der Waals surface area contributed by atoms with E-state index in [2.05, 4.69) is 173 Å². The Bertz CT molecular complexity index is 3100. The van der Waals surface area contributed by atoms with Crippen molar-refractivity contribution < 1.29 is 4.42 Å². The van der Waals surface area contributed by atoms with Gasteiger partial charge in [-0.1, -0.05) is 103 Å². The minimum absolute atomic E-state index is 0.905. The summed E-state index contributed by atoms with van der Waals surface area (Å²) in [5.74, 6) is 0. The molecule has 0 N–H and O–H groups in total. The molecule has 0 unspecified atom stereocenters. The van der Waals surface area contributed by atoms with Gasteiger partial charge in [0, 0.05) is 38.0 Å². The first-order valence-electron chi connectivity index (χ1n) is 16.8. The van der Waals surface area contributed by atoms with Gasteiger partial charge in [-0.3, -0.25) is 0 Å². The van der Waals surface area contributed by atoms with Crippen molar-refractivity contribution in [1.82, 2.24) is 9.13 Å². The summed E-state index contributed by atoms with van der Waals surface area (Å²) in [6.45, 7) is 0. The molecule has 0 aliphatic heterocycles. The van der Waals surface area contributed by atoms with Gasteiger partial charge in [0.1, 0.15) is 11.2 Å². The maximum atomic E-state index is 6.36. The van der Waals surface area contributed by atoms with Crippen molar-refractivity contribution in [3.63, 3.8) is 0 Å². The van der Waals surface area contributed by atoms with Gasteiger partial charge in [-0.2, -0.15) is 0 Å². The number of hydrogen-bond donors (Lipinski definition) is 0. The molecule has 11 aromatic rings. The molecule has 8 aromatic carbocycles. The Morgan fingerprint density at radius 3 is 1.84 bits per heavy atom. The highest BCUT2D eigenvalue weighted by molar-refractivity contribution is 6.25. The van der Waals surface area contributed by atoms with Crippen molar-refractivity contribution in [3.8, 4) is 22.5 Å². The number of hydrogen-bond acceptors (Lipinski definition) is 1. The summed E-state index contributed by atoms with van der Waals surface area (Å²) in [6.07, 6.45) is 0. The molecule has 49 heavy (non-hydrogen) atoms. The Labute approximate surface area is 281 Å². The third-order valence-electron chi connectivity index (χ3n) is 10.3. The number of furan rings is 1. The summed E-state index contributed by atoms with van der Waals surface area (Å²) >= 11 is 0. The quantitative estimate of drug-likeness (QED) is 0.192. The standard InChI is InChI=1S/C46H28N2O/c1-2-13-32(14-3-1)47-41-24-21-31(28-38(41)35-23-26-44-45(46(35)47)36-17-7-9-20-43(36)49-44)30-22-25-42-37(27-30)34-16-6-8-18-40(34)48(42)39-19-10-12-29-11-4-5-15-33(29)39/h1-28H. The molecular weight excluding hydrogens is 597 g/mol. The molecule has 0 bridgehead atoms. The van der Waals surface area contributed by atoms with Gasteiger partial charge in [0.2, 0.25) is 0 Å². The first-order chi connectivity index (χ1) is 24.3. The van der Waals surface area contributed by atoms with Gasteiger partial charge in [-0.25, -0.2) is 0 Å². The van der Waals surface area contributed by atoms with Gasteiger partial charge >= 0.3 is 0 Å². The van der Waals surface area contributed by atoms with E-state index in [1.165, 1.54) is 71.2 Å². The van der Waals surface area contributed by atoms with Crippen molar-refractivity contribution in [2.45, 2.75) is 0 Å². The zero-order chi connectivity index (χ0) is 32.1. The Morgan fingerprint density at radius 1 is 0.367 bits per heavy atom. The summed E-state index contributed by atoms with van der Waals surface area (Å²) in [7, 11) is 0. The van der Waals surface area contributed by atoms with Gasteiger partial charge in [-0.15, -0.1) is 0 Å². The third kappa shape index (κ3) is 3.73. The van der Waals surface area contributed by atoms with E-state index >= 15 is 0 Å². The fourth-order valence-electron chi connectivity index (χ4n) is 8.16. The minimum atomic E-state index is 0.905. The molecule has 0 fully saturated rings. The second-order valence-corrected chi connectivity index (χ2v) is 12.9. The van der Waals surface area contributed by atoms with Crippen LogP contribution in [0.5, 0.6) is 0 Å². The van der Waals surface area contributed by atoms with Crippen LogP contribution in [0.15, 0.2) is 174 Å². The molecule has 0 aliphatic carbocycles. The van der Waals surface area contributed by atoms with E-state index in [-0.39, 0.29) is 0 Å². The van der Waals surface area contributed by atoms with Crippen LogP contribution in [-0.2, 0) is 0 Å². The molecule has 3 heteroatoms. The summed E-state index contributed by atoms with van der Waals surface area (Å²) in [6, 6.07) is 61.3. The van der Waals surface area contributed by atoms with E-state index < -0.39 is 0 Å². The van der Waals surface area contributed by atoms with Crippen molar-refractivity contribution in [1.29, 1.82) is 0 Å². The van der Waals surface area contributed by atoms with Gasteiger partial charge in [0.15, 0.2) is 0 Å². The molecule has 0 aliphatic rings. The molecule has 0 saturated heterocycles. The predicted octanol–water partition coefficient (Wildman–Crippen LogP) is 12.6. The lowest BCUT2D eigenvalue weighted by molar-refractivity contribution is 0.669. The van der Waals surface area contributed by atoms with Gasteiger partial charge in [0.05, 0.1) is 33.1 Å². The highest BCUT2D eigenvalue weighted by atomic mass is 16.3. The Kier molecular flexibility index (Phi) is 5.38. The Balaban J connectivity index is 1.17. The third-order valence-corrected chi connectivity index (χ3v) is 10.3. The normalized spacial score (nSPS) is 12.1. The smallest absolute Gasteiger partial charge is 0.137 e. The summed E-state index contributed by atoms with van der Waals surface area (Å²) in [5.41, 5.74) is 11.3. The number of aromatic nitrogens is 2. The zero-order valence-electron chi connectivity index (χ0n) is 26.5. The average Bonchev–Trinajstić information content (AvgIpc) is 3.82. The summed E-state index contributed by atoms with van der Waals surface area (Å²) in [5, 5.41) is 9.72. The van der Waals surface area contributed by atoms with Crippen LogP contribution in [0.1, 0.15) is 0 Å². The fraction of sp³-hybridized carbons (Fsp3) is 0. The molecule has 0 spiro atoms. The second kappa shape index (κ2) is 9.96. The van der Waals surface area contributed by atoms with E-state index in [1.807, 2.05) is 6.07 Å². The largest absolute Gasteiger partial charge is 0.456 e. The van der Waals surface area contributed by atoms with E-state index in [0.717, 1.165) is 27.6 Å². The molecular formula is C46H28N2O. The van der Waals surface area contributed by atoms with Gasteiger partial charge < -0.3 is 13.6 Å². The molecule has 3 aromatic heterocycles. The number of fused-ring (bicyclic) bond motifs is 11. The monoisotopic (exact) mass is 624 g/mol. The highest BCUT2D eigenvalue weighted by Crippen LogP contribution is 2.43. The van der Waals surface area contributed by atoms with Crippen LogP contribution in [0.2, 0.25) is 0 Å². The van der Waals surface area contributed by atoms with Crippen molar-refractivity contribution in [3.05, 3.63) is 170 Å². The average molecular weight is 625 g/mol. The zero-order valence-corrected chi connectivity index (χ0v) is 26.5. The maximum Gasteiger partial charge on any atom is 0.137 e. The lowest BCUT2D eigenvalue weighted by Gasteiger charge is -2.12. The topological polar surface area (TPSA) is 23.0 Å². The Hall–Kier alpha value is -6.58. The highest BCUT2D eigenvalue weighted by Gasteiger charge is 2.20. The first-order valence-corrected chi connectivity index (χ1v) is 16.8. The van der Waals surface area contributed by atoms with Crippen LogP contribution in [0, 0.1) is 0 Å². The van der Waals surface area contributed by atoms with Crippen LogP contribution in [-0.4, -0.2) is 9.13 Å². The number of rotatable bonds is 3. The molecule has 0 atom stereocenters. The van der Waals surface area contributed by atoms with Crippen molar-refractivity contribution in [2.75, 3.05) is 0 Å². The molecule has 11 rings (SSSR count). The molecule has 3 nitrogen and oxygen atoms in total. The number of benzene rings is 8. The Morgan fingerprint density at radius 2 is 1.00 bits per heavy atom. The first kappa shape index (κ1) is 26.5. The van der Waals surface area contributed by atoms with E-state index in [1.54, 1.807) is 0 Å². The second-order valence-electron chi connectivity index (χ2n) is 12.9. The maximum absolute atomic E-state index is 6.36. The molecule has 0 amide bonds. The van der Waals surface area contributed by atoms with Crippen LogP contribution >= 0.6 is 0 Å². The van der Waals surface area contributed by atoms with E-state index in [4.69, 9.17) is 4.42 Å². The molecule has 3 heterocycles. The number of para-hydroxylation sites is 3. The van der Waals surface area contributed by atoms with Crippen LogP contribution in [0.25, 0.3) is 98.8 Å². The van der Waals surface area contributed by atoms with Gasteiger partial charge in [-0.05, 0) is 83.2 Å². The minimum Gasteiger partial charge on any atom is -0.456 e. The van der Waals surface area contributed by atoms with Crippen LogP contribution in [0.3, 0.4) is 0 Å². The molecule has 228 valence electrons. The fourth-order valence-corrected chi connectivity index (χ4v) is 8.16. The predicted molar refractivity (Wildman–Crippen MR) is 205 cm³/mol. The van der Waals surface area contributed by atoms with E-state index in [0.29, 0.717) is 0 Å². The van der Waals surface area contributed by atoms with E-state index in [9.17, 15) is 0 Å². The molecule has 0 saturated carbocycles. The lowest BCUT2D eigenvalue weighted by atomic mass is 10.00. The number of nitrogens with zero attached hydrogens (tertiary/aromatic N) is 2. The van der Waals surface area contributed by atoms with Crippen molar-refractivity contribution in [2.24, 2.45) is 0 Å². The molecule has 0 radical (unpaired) electrons. The summed E-state index contributed by atoms with van der Waals surface area (Å²) in [4.78, 5) is 0. The lowest BCUT2D eigenvalue weighted by Crippen LogP contribution is -1.95. The summed E-state index contributed by atoms with van der Waals surface area (Å²) < 4.78 is 11.2.